The molecule has 0 aliphatic heterocycles. The Morgan fingerprint density at radius 1 is 1.20 bits per heavy atom. The highest BCUT2D eigenvalue weighted by Gasteiger charge is 2.06. The van der Waals surface area contributed by atoms with E-state index >= 15 is 0 Å². The SMILES string of the molecule is Oc1cnc(-c2ccccc2)c(CBr)c1. The van der Waals surface area contributed by atoms with Gasteiger partial charge >= 0.3 is 0 Å². The van der Waals surface area contributed by atoms with Crippen molar-refractivity contribution in [2.24, 2.45) is 0 Å². The number of aromatic hydroxyl groups is 1. The van der Waals surface area contributed by atoms with Crippen LogP contribution in [0.3, 0.4) is 0 Å². The molecule has 2 rings (SSSR count). The van der Waals surface area contributed by atoms with E-state index in [1.807, 2.05) is 30.3 Å². The molecule has 0 fully saturated rings. The Morgan fingerprint density at radius 3 is 2.60 bits per heavy atom. The maximum absolute atomic E-state index is 9.33. The molecular formula is C12H10BrNO. The van der Waals surface area contributed by atoms with Crippen LogP contribution in [0.1, 0.15) is 5.56 Å². The fourth-order valence-corrected chi connectivity index (χ4v) is 1.88. The summed E-state index contributed by atoms with van der Waals surface area (Å²) in [6, 6.07) is 11.7. The lowest BCUT2D eigenvalue weighted by Gasteiger charge is -2.06. The summed E-state index contributed by atoms with van der Waals surface area (Å²) < 4.78 is 0. The predicted molar refractivity (Wildman–Crippen MR) is 64.0 cm³/mol. The zero-order chi connectivity index (χ0) is 10.7. The van der Waals surface area contributed by atoms with Crippen LogP contribution < -0.4 is 0 Å². The van der Waals surface area contributed by atoms with E-state index in [4.69, 9.17) is 0 Å². The molecule has 0 unspecified atom stereocenters. The Balaban J connectivity index is 2.53. The minimum absolute atomic E-state index is 0.198. The smallest absolute Gasteiger partial charge is 0.134 e. The van der Waals surface area contributed by atoms with Crippen LogP contribution in [0.4, 0.5) is 0 Å². The van der Waals surface area contributed by atoms with Gasteiger partial charge in [-0.05, 0) is 11.6 Å². The third kappa shape index (κ3) is 2.18. The Bertz CT molecular complexity index is 456. The summed E-state index contributed by atoms with van der Waals surface area (Å²) >= 11 is 3.39. The van der Waals surface area contributed by atoms with Crippen LogP contribution in [-0.2, 0) is 5.33 Å². The number of benzene rings is 1. The van der Waals surface area contributed by atoms with Crippen molar-refractivity contribution in [3.05, 3.63) is 48.2 Å². The predicted octanol–water partition coefficient (Wildman–Crippen LogP) is 3.35. The molecule has 1 heterocycles. The highest BCUT2D eigenvalue weighted by Crippen LogP contribution is 2.25. The van der Waals surface area contributed by atoms with Crippen LogP contribution in [0.5, 0.6) is 5.75 Å². The second kappa shape index (κ2) is 4.45. The number of hydrogen-bond donors (Lipinski definition) is 1. The van der Waals surface area contributed by atoms with E-state index in [2.05, 4.69) is 20.9 Å². The number of halogens is 1. The molecule has 2 aromatic rings. The molecule has 2 nitrogen and oxygen atoms in total. The number of hydrogen-bond acceptors (Lipinski definition) is 2. The van der Waals surface area contributed by atoms with Crippen molar-refractivity contribution in [3.63, 3.8) is 0 Å². The zero-order valence-corrected chi connectivity index (χ0v) is 9.61. The van der Waals surface area contributed by atoms with Gasteiger partial charge in [0, 0.05) is 10.9 Å². The lowest BCUT2D eigenvalue weighted by atomic mass is 10.1. The molecule has 3 heteroatoms. The Hall–Kier alpha value is -1.35. The number of pyridine rings is 1. The van der Waals surface area contributed by atoms with Crippen molar-refractivity contribution >= 4 is 15.9 Å². The van der Waals surface area contributed by atoms with Crippen LogP contribution >= 0.6 is 15.9 Å². The molecule has 0 saturated heterocycles. The first-order valence-corrected chi connectivity index (χ1v) is 5.72. The van der Waals surface area contributed by atoms with Gasteiger partial charge in [-0.2, -0.15) is 0 Å². The molecule has 1 aromatic heterocycles. The second-order valence-electron chi connectivity index (χ2n) is 3.20. The first-order valence-electron chi connectivity index (χ1n) is 4.60. The van der Waals surface area contributed by atoms with Gasteiger partial charge in [-0.3, -0.25) is 4.98 Å². The maximum Gasteiger partial charge on any atom is 0.134 e. The Labute approximate surface area is 96.7 Å². The molecule has 0 radical (unpaired) electrons. The van der Waals surface area contributed by atoms with Gasteiger partial charge in [0.2, 0.25) is 0 Å². The van der Waals surface area contributed by atoms with Gasteiger partial charge in [0.1, 0.15) is 5.75 Å². The third-order valence-electron chi connectivity index (χ3n) is 2.14. The van der Waals surface area contributed by atoms with Crippen LogP contribution in [-0.4, -0.2) is 10.1 Å². The largest absolute Gasteiger partial charge is 0.506 e. The van der Waals surface area contributed by atoms with Crippen molar-refractivity contribution in [1.82, 2.24) is 4.98 Å². The van der Waals surface area contributed by atoms with Crippen LogP contribution in [0, 0.1) is 0 Å². The van der Waals surface area contributed by atoms with Gasteiger partial charge in [0.05, 0.1) is 11.9 Å². The molecule has 0 saturated carbocycles. The molecule has 0 aliphatic carbocycles. The van der Waals surface area contributed by atoms with Crippen molar-refractivity contribution in [2.45, 2.75) is 5.33 Å². The average Bonchev–Trinajstić information content (AvgIpc) is 2.30. The minimum atomic E-state index is 0.198. The van der Waals surface area contributed by atoms with Gasteiger partial charge in [0.15, 0.2) is 0 Å². The molecule has 1 aromatic carbocycles. The fraction of sp³-hybridized carbons (Fsp3) is 0.0833. The monoisotopic (exact) mass is 263 g/mol. The van der Waals surface area contributed by atoms with E-state index in [1.54, 1.807) is 6.07 Å². The molecule has 0 amide bonds. The zero-order valence-electron chi connectivity index (χ0n) is 8.02. The van der Waals surface area contributed by atoms with Gasteiger partial charge in [-0.25, -0.2) is 0 Å². The summed E-state index contributed by atoms with van der Waals surface area (Å²) in [4.78, 5) is 4.24. The summed E-state index contributed by atoms with van der Waals surface area (Å²) in [6.45, 7) is 0. The lowest BCUT2D eigenvalue weighted by Crippen LogP contribution is -1.89. The van der Waals surface area contributed by atoms with E-state index in [9.17, 15) is 5.11 Å². The first kappa shape index (κ1) is 10.2. The van der Waals surface area contributed by atoms with E-state index in [0.717, 1.165) is 16.8 Å². The fourth-order valence-electron chi connectivity index (χ4n) is 1.46. The van der Waals surface area contributed by atoms with Crippen molar-refractivity contribution in [2.75, 3.05) is 0 Å². The number of alkyl halides is 1. The molecule has 15 heavy (non-hydrogen) atoms. The summed E-state index contributed by atoms with van der Waals surface area (Å²) in [5.74, 6) is 0.198. The van der Waals surface area contributed by atoms with Gasteiger partial charge in [-0.15, -0.1) is 0 Å². The van der Waals surface area contributed by atoms with Crippen LogP contribution in [0.25, 0.3) is 11.3 Å². The van der Waals surface area contributed by atoms with Crippen molar-refractivity contribution < 1.29 is 5.11 Å². The van der Waals surface area contributed by atoms with E-state index in [0.29, 0.717) is 5.33 Å². The van der Waals surface area contributed by atoms with Crippen LogP contribution in [0.2, 0.25) is 0 Å². The molecule has 0 atom stereocenters. The molecular weight excluding hydrogens is 254 g/mol. The van der Waals surface area contributed by atoms with Crippen molar-refractivity contribution in [3.8, 4) is 17.0 Å². The van der Waals surface area contributed by atoms with Gasteiger partial charge < -0.3 is 5.11 Å². The minimum Gasteiger partial charge on any atom is -0.506 e. The van der Waals surface area contributed by atoms with E-state index in [-0.39, 0.29) is 5.75 Å². The lowest BCUT2D eigenvalue weighted by molar-refractivity contribution is 0.472. The van der Waals surface area contributed by atoms with Gasteiger partial charge in [-0.1, -0.05) is 46.3 Å². The second-order valence-corrected chi connectivity index (χ2v) is 3.76. The molecule has 0 aliphatic rings. The standard InChI is InChI=1S/C12H10BrNO/c13-7-10-6-11(15)8-14-12(10)9-4-2-1-3-5-9/h1-6,8,15H,7H2. The topological polar surface area (TPSA) is 33.1 Å². The van der Waals surface area contributed by atoms with Crippen LogP contribution in [0.15, 0.2) is 42.6 Å². The van der Waals surface area contributed by atoms with E-state index < -0.39 is 0 Å². The number of rotatable bonds is 2. The summed E-state index contributed by atoms with van der Waals surface area (Å²) in [7, 11) is 0. The van der Waals surface area contributed by atoms with Gasteiger partial charge in [0.25, 0.3) is 0 Å². The summed E-state index contributed by atoms with van der Waals surface area (Å²) in [5, 5.41) is 10.0. The van der Waals surface area contributed by atoms with Crippen molar-refractivity contribution in [1.29, 1.82) is 0 Å². The normalized spacial score (nSPS) is 10.2. The maximum atomic E-state index is 9.33. The molecule has 1 N–H and O–H groups in total. The Morgan fingerprint density at radius 2 is 1.93 bits per heavy atom. The first-order chi connectivity index (χ1) is 7.31. The third-order valence-corrected chi connectivity index (χ3v) is 2.75. The molecule has 76 valence electrons. The quantitative estimate of drug-likeness (QED) is 0.844. The van der Waals surface area contributed by atoms with E-state index in [1.165, 1.54) is 6.20 Å². The Kier molecular flexibility index (Phi) is 3.02. The molecule has 0 spiro atoms. The molecule has 0 bridgehead atoms. The summed E-state index contributed by atoms with van der Waals surface area (Å²) in [6.07, 6.45) is 1.47. The highest BCUT2D eigenvalue weighted by atomic mass is 79.9. The number of aromatic nitrogens is 1. The number of nitrogens with zero attached hydrogens (tertiary/aromatic N) is 1. The average molecular weight is 264 g/mol. The highest BCUT2D eigenvalue weighted by molar-refractivity contribution is 9.08. The summed E-state index contributed by atoms with van der Waals surface area (Å²) in [5.41, 5.74) is 2.96.